The van der Waals surface area contributed by atoms with E-state index in [0.29, 0.717) is 5.02 Å². The first-order valence-corrected chi connectivity index (χ1v) is 9.82. The van der Waals surface area contributed by atoms with Crippen LogP contribution in [-0.4, -0.2) is 37.9 Å². The van der Waals surface area contributed by atoms with Crippen molar-refractivity contribution in [2.24, 2.45) is 0 Å². The maximum atomic E-state index is 12.1. The summed E-state index contributed by atoms with van der Waals surface area (Å²) in [4.78, 5) is 28.2. The van der Waals surface area contributed by atoms with E-state index in [2.05, 4.69) is 15.0 Å². The third-order valence-corrected chi connectivity index (χ3v) is 5.15. The second kappa shape index (κ2) is 8.94. The van der Waals surface area contributed by atoms with Gasteiger partial charge in [-0.15, -0.1) is 0 Å². The molecule has 2 aromatic rings. The highest BCUT2D eigenvalue weighted by atomic mass is 35.5. The Hall–Kier alpha value is -2.49. The standard InChI is InChI=1S/C17H18ClN3O5S/c1-3-20-27(24,25)14-7-4-12(5-8-14)17(23)26-11(2)16(22)21-15-9-6-13(18)10-19-15/h4-11,20H,3H2,1-2H3,(H,19,21,22)/t11-/m0/s1. The lowest BCUT2D eigenvalue weighted by molar-refractivity contribution is -0.123. The van der Waals surface area contributed by atoms with Gasteiger partial charge < -0.3 is 10.1 Å². The van der Waals surface area contributed by atoms with Crippen LogP contribution in [0, 0.1) is 0 Å². The molecule has 0 saturated carbocycles. The van der Waals surface area contributed by atoms with Gasteiger partial charge >= 0.3 is 5.97 Å². The average Bonchev–Trinajstić information content (AvgIpc) is 2.63. The maximum Gasteiger partial charge on any atom is 0.338 e. The number of carbonyl (C=O) groups is 2. The minimum atomic E-state index is -3.61. The number of carbonyl (C=O) groups excluding carboxylic acids is 2. The van der Waals surface area contributed by atoms with Crippen LogP contribution in [-0.2, 0) is 19.6 Å². The van der Waals surface area contributed by atoms with Gasteiger partial charge in [0, 0.05) is 12.7 Å². The number of aromatic nitrogens is 1. The van der Waals surface area contributed by atoms with Crippen molar-refractivity contribution in [3.8, 4) is 0 Å². The molecule has 2 N–H and O–H groups in total. The number of anilines is 1. The molecule has 1 aromatic heterocycles. The molecule has 0 aliphatic rings. The first-order chi connectivity index (χ1) is 12.7. The Labute approximate surface area is 161 Å². The van der Waals surface area contributed by atoms with Crippen molar-refractivity contribution in [3.05, 3.63) is 53.2 Å². The van der Waals surface area contributed by atoms with E-state index in [4.69, 9.17) is 16.3 Å². The molecule has 0 bridgehead atoms. The van der Waals surface area contributed by atoms with Crippen LogP contribution in [0.5, 0.6) is 0 Å². The maximum absolute atomic E-state index is 12.1. The van der Waals surface area contributed by atoms with E-state index in [1.165, 1.54) is 43.5 Å². The molecule has 1 amide bonds. The number of nitrogens with zero attached hydrogens (tertiary/aromatic N) is 1. The Balaban J connectivity index is 1.99. The fraction of sp³-hybridized carbons (Fsp3) is 0.235. The summed E-state index contributed by atoms with van der Waals surface area (Å²) in [5.41, 5.74) is 0.120. The van der Waals surface area contributed by atoms with Crippen LogP contribution in [0.2, 0.25) is 5.02 Å². The van der Waals surface area contributed by atoms with E-state index in [1.54, 1.807) is 13.0 Å². The molecule has 10 heteroatoms. The minimum absolute atomic E-state index is 0.0282. The quantitative estimate of drug-likeness (QED) is 0.675. The largest absolute Gasteiger partial charge is 0.449 e. The molecule has 1 aromatic carbocycles. The topological polar surface area (TPSA) is 114 Å². The third kappa shape index (κ3) is 5.75. The highest BCUT2D eigenvalue weighted by Gasteiger charge is 2.20. The zero-order valence-corrected chi connectivity index (χ0v) is 16.2. The van der Waals surface area contributed by atoms with Crippen LogP contribution in [0.15, 0.2) is 47.5 Å². The summed E-state index contributed by atoms with van der Waals surface area (Å²) in [5, 5.41) is 2.92. The van der Waals surface area contributed by atoms with Crippen LogP contribution in [0.3, 0.4) is 0 Å². The lowest BCUT2D eigenvalue weighted by Gasteiger charge is -2.13. The molecule has 1 atom stereocenters. The summed E-state index contributed by atoms with van der Waals surface area (Å²) in [7, 11) is -3.61. The monoisotopic (exact) mass is 411 g/mol. The number of halogens is 1. The first-order valence-electron chi connectivity index (χ1n) is 7.96. The van der Waals surface area contributed by atoms with Crippen LogP contribution < -0.4 is 10.0 Å². The fourth-order valence-corrected chi connectivity index (χ4v) is 3.16. The summed E-state index contributed by atoms with van der Waals surface area (Å²) in [6.45, 7) is 3.32. The van der Waals surface area contributed by atoms with Crippen LogP contribution in [0.1, 0.15) is 24.2 Å². The smallest absolute Gasteiger partial charge is 0.338 e. The fourth-order valence-electron chi connectivity index (χ4n) is 2.00. The predicted octanol–water partition coefficient (Wildman–Crippen LogP) is 2.22. The molecular formula is C17H18ClN3O5S. The van der Waals surface area contributed by atoms with Gasteiger partial charge in [-0.05, 0) is 43.3 Å². The van der Waals surface area contributed by atoms with Crippen molar-refractivity contribution in [2.75, 3.05) is 11.9 Å². The molecule has 27 heavy (non-hydrogen) atoms. The highest BCUT2D eigenvalue weighted by Crippen LogP contribution is 2.13. The number of pyridine rings is 1. The van der Waals surface area contributed by atoms with Gasteiger partial charge in [0.15, 0.2) is 6.10 Å². The number of esters is 1. The van der Waals surface area contributed by atoms with Crippen LogP contribution in [0.25, 0.3) is 0 Å². The van der Waals surface area contributed by atoms with Crippen molar-refractivity contribution in [1.82, 2.24) is 9.71 Å². The average molecular weight is 412 g/mol. The molecule has 0 spiro atoms. The predicted molar refractivity (Wildman–Crippen MR) is 100 cm³/mol. The summed E-state index contributed by atoms with van der Waals surface area (Å²) >= 11 is 5.72. The summed E-state index contributed by atoms with van der Waals surface area (Å²) < 4.78 is 31.2. The molecule has 0 aliphatic heterocycles. The van der Waals surface area contributed by atoms with Crippen LogP contribution >= 0.6 is 11.6 Å². The summed E-state index contributed by atoms with van der Waals surface area (Å²) in [6.07, 6.45) is 0.289. The number of sulfonamides is 1. The Bertz CT molecular complexity index is 915. The van der Waals surface area contributed by atoms with Gasteiger partial charge in [0.1, 0.15) is 5.82 Å². The van der Waals surface area contributed by atoms with E-state index in [1.807, 2.05) is 0 Å². The number of ether oxygens (including phenoxy) is 1. The van der Waals surface area contributed by atoms with E-state index in [0.717, 1.165) is 0 Å². The summed E-state index contributed by atoms with van der Waals surface area (Å²) in [5.74, 6) is -1.05. The van der Waals surface area contributed by atoms with Gasteiger partial charge in [0.25, 0.3) is 5.91 Å². The number of hydrogen-bond acceptors (Lipinski definition) is 6. The van der Waals surface area contributed by atoms with Crippen LogP contribution in [0.4, 0.5) is 5.82 Å². The molecule has 0 saturated heterocycles. The van der Waals surface area contributed by atoms with Crippen molar-refractivity contribution in [1.29, 1.82) is 0 Å². The SMILES string of the molecule is CCNS(=O)(=O)c1ccc(C(=O)O[C@@H](C)C(=O)Nc2ccc(Cl)cn2)cc1. The molecule has 2 rings (SSSR count). The Morgan fingerprint density at radius 1 is 1.19 bits per heavy atom. The zero-order valence-electron chi connectivity index (χ0n) is 14.6. The van der Waals surface area contributed by atoms with E-state index in [-0.39, 0.29) is 22.8 Å². The van der Waals surface area contributed by atoms with Gasteiger partial charge in [-0.2, -0.15) is 0 Å². The lowest BCUT2D eigenvalue weighted by atomic mass is 10.2. The van der Waals surface area contributed by atoms with E-state index >= 15 is 0 Å². The van der Waals surface area contributed by atoms with Gasteiger partial charge in [0.2, 0.25) is 10.0 Å². The normalized spacial score (nSPS) is 12.3. The molecule has 0 fully saturated rings. The molecule has 0 radical (unpaired) electrons. The van der Waals surface area contributed by atoms with Gasteiger partial charge in [-0.1, -0.05) is 18.5 Å². The molecule has 144 valence electrons. The number of hydrogen-bond donors (Lipinski definition) is 2. The second-order valence-corrected chi connectivity index (χ2v) is 7.63. The highest BCUT2D eigenvalue weighted by molar-refractivity contribution is 7.89. The lowest BCUT2D eigenvalue weighted by Crippen LogP contribution is -2.30. The molecule has 0 aliphatic carbocycles. The van der Waals surface area contributed by atoms with Crippen molar-refractivity contribution < 1.29 is 22.7 Å². The van der Waals surface area contributed by atoms with Crippen molar-refractivity contribution in [3.63, 3.8) is 0 Å². The first kappa shape index (κ1) is 20.8. The molecular weight excluding hydrogens is 394 g/mol. The molecule has 8 nitrogen and oxygen atoms in total. The van der Waals surface area contributed by atoms with E-state index in [9.17, 15) is 18.0 Å². The number of benzene rings is 1. The van der Waals surface area contributed by atoms with Crippen molar-refractivity contribution in [2.45, 2.75) is 24.8 Å². The summed E-state index contributed by atoms with van der Waals surface area (Å²) in [6, 6.07) is 8.28. The molecule has 0 unspecified atom stereocenters. The zero-order chi connectivity index (χ0) is 20.0. The second-order valence-electron chi connectivity index (χ2n) is 5.42. The minimum Gasteiger partial charge on any atom is -0.449 e. The Kier molecular flexibility index (Phi) is 6.89. The number of rotatable bonds is 7. The third-order valence-electron chi connectivity index (χ3n) is 3.37. The van der Waals surface area contributed by atoms with Gasteiger partial charge in [0.05, 0.1) is 15.5 Å². The van der Waals surface area contributed by atoms with E-state index < -0.39 is 28.0 Å². The Morgan fingerprint density at radius 2 is 1.85 bits per heavy atom. The number of amides is 1. The number of nitrogens with one attached hydrogen (secondary N) is 2. The van der Waals surface area contributed by atoms with Crippen molar-refractivity contribution >= 4 is 39.3 Å². The molecule has 1 heterocycles. The Morgan fingerprint density at radius 3 is 2.41 bits per heavy atom. The van der Waals surface area contributed by atoms with Gasteiger partial charge in [-0.25, -0.2) is 22.9 Å². The van der Waals surface area contributed by atoms with Gasteiger partial charge in [-0.3, -0.25) is 4.79 Å².